The smallest absolute Gasteiger partial charge is 0.399 e. The number of nitrogen functional groups attached to an aromatic ring is 1. The van der Waals surface area contributed by atoms with Crippen LogP contribution in [0, 0.1) is 22.7 Å². The highest BCUT2D eigenvalue weighted by Gasteiger charge is 2.63. The number of carbonyl (C=O) groups is 2. The number of anilines is 2. The van der Waals surface area contributed by atoms with Crippen molar-refractivity contribution in [3.63, 3.8) is 0 Å². The number of nitriles is 2. The minimum absolute atomic E-state index is 0.0377. The van der Waals surface area contributed by atoms with Crippen LogP contribution in [0.2, 0.25) is 20.1 Å². The van der Waals surface area contributed by atoms with E-state index in [-0.39, 0.29) is 42.6 Å². The van der Waals surface area contributed by atoms with Gasteiger partial charge in [0.05, 0.1) is 34.7 Å². The Morgan fingerprint density at radius 3 is 1.39 bits per heavy atom. The molecule has 0 saturated carbocycles. The Balaban J connectivity index is 0.000000193. The van der Waals surface area contributed by atoms with E-state index in [9.17, 15) is 35.9 Å². The summed E-state index contributed by atoms with van der Waals surface area (Å²) in [5.41, 5.74) is 3.26. The topological polar surface area (TPSA) is 163 Å². The summed E-state index contributed by atoms with van der Waals surface area (Å²) in [6.07, 6.45) is -10.6. The molecule has 2 heterocycles. The molecule has 1 amide bonds. The number of nitrogens with zero attached hydrogens (tertiary/aromatic N) is 4. The van der Waals surface area contributed by atoms with Gasteiger partial charge >= 0.3 is 12.4 Å². The van der Waals surface area contributed by atoms with Gasteiger partial charge in [0, 0.05) is 77.7 Å². The molecule has 0 bridgehead atoms. The minimum Gasteiger partial charge on any atom is -0.399 e. The summed E-state index contributed by atoms with van der Waals surface area (Å²) in [5, 5.41) is 27.1. The second kappa shape index (κ2) is 21.2. The van der Waals surface area contributed by atoms with Crippen LogP contribution in [0.1, 0.15) is 66.9 Å². The highest BCUT2D eigenvalue weighted by atomic mass is 35.5. The van der Waals surface area contributed by atoms with Gasteiger partial charge < -0.3 is 20.7 Å². The van der Waals surface area contributed by atoms with E-state index in [0.29, 0.717) is 44.8 Å². The van der Waals surface area contributed by atoms with Crippen molar-refractivity contribution < 1.29 is 45.6 Å². The van der Waals surface area contributed by atoms with Crippen LogP contribution < -0.4 is 11.1 Å². The van der Waals surface area contributed by atoms with Gasteiger partial charge in [-0.1, -0.05) is 81.0 Å². The molecule has 2 atom stereocenters. The molecule has 0 aliphatic carbocycles. The van der Waals surface area contributed by atoms with Crippen molar-refractivity contribution in [3.8, 4) is 12.1 Å². The predicted molar refractivity (Wildman–Crippen MR) is 251 cm³/mol. The molecular weight excluding hydrogens is 1020 g/mol. The standard InChI is InChI=1S/C24H14Cl2F3N3O2.C16H11Cl2F3N2O.C8H4ClNO/c25-18-9-17(10-19(26)11-18)23(24(27,28)29)12-21(32-34-23)16-2-1-3-20(8-16)31-22(33)15-6-4-14(13-30)5-7-15;17-11-5-10(6-12(18)7-11)15(16(19,20)21)8-14(23-24-15)9-2-1-3-13(22)4-9;9-8(11)7-3-1-6(5-10)2-4-7/h1-11H,12H2,(H,31,33);1-7H,8,22H2;1-4H. The van der Waals surface area contributed by atoms with Crippen LogP contribution >= 0.6 is 58.0 Å². The number of nitrogens with two attached hydrogens (primary N) is 1. The van der Waals surface area contributed by atoms with Crippen LogP contribution in [0.15, 0.2) is 144 Å². The zero-order valence-electron chi connectivity index (χ0n) is 34.8. The first-order chi connectivity index (χ1) is 32.6. The van der Waals surface area contributed by atoms with E-state index in [2.05, 4.69) is 15.6 Å². The lowest BCUT2D eigenvalue weighted by atomic mass is 9.86. The fourth-order valence-electron chi connectivity index (χ4n) is 6.76. The average molecular weight is 1050 g/mol. The number of hydrogen-bond acceptors (Lipinski definition) is 9. The Bertz CT molecular complexity index is 3030. The summed E-state index contributed by atoms with van der Waals surface area (Å²) in [7, 11) is 0. The summed E-state index contributed by atoms with van der Waals surface area (Å²) in [6, 6.07) is 36.1. The molecular formula is C48H29Cl5F6N6O4. The van der Waals surface area contributed by atoms with E-state index >= 15 is 0 Å². The van der Waals surface area contributed by atoms with Gasteiger partial charge in [-0.25, -0.2) is 0 Å². The van der Waals surface area contributed by atoms with E-state index in [0.717, 1.165) is 12.1 Å². The SMILES string of the molecule is N#Cc1ccc(C(=O)Cl)cc1.N#Cc1ccc(C(=O)Nc2cccc(C3=NOC(c4cc(Cl)cc(Cl)c4)(C(F)(F)F)C3)c2)cc1.Nc1cccc(C2=NOC(c3cc(Cl)cc(Cl)c3)(C(F)(F)F)C2)c1. The van der Waals surface area contributed by atoms with Crippen LogP contribution in [0.25, 0.3) is 0 Å². The molecule has 2 unspecified atom stereocenters. The van der Waals surface area contributed by atoms with Crippen LogP contribution in [-0.4, -0.2) is 34.9 Å². The molecule has 0 saturated heterocycles. The van der Waals surface area contributed by atoms with Crippen molar-refractivity contribution in [1.82, 2.24) is 0 Å². The van der Waals surface area contributed by atoms with Gasteiger partial charge in [-0.2, -0.15) is 36.9 Å². The summed E-state index contributed by atoms with van der Waals surface area (Å²) in [5.74, 6) is -0.440. The largest absolute Gasteiger partial charge is 0.435 e. The van der Waals surface area contributed by atoms with Crippen LogP contribution in [-0.2, 0) is 20.9 Å². The maximum atomic E-state index is 14.2. The van der Waals surface area contributed by atoms with E-state index in [1.165, 1.54) is 66.7 Å². The van der Waals surface area contributed by atoms with Gasteiger partial charge in [-0.15, -0.1) is 0 Å². The zero-order chi connectivity index (χ0) is 50.3. The molecule has 2 aliphatic heterocycles. The Hall–Kier alpha value is -6.79. The molecule has 6 aromatic rings. The monoisotopic (exact) mass is 1040 g/mol. The Labute approximate surface area is 414 Å². The zero-order valence-corrected chi connectivity index (χ0v) is 38.6. The third-order valence-electron chi connectivity index (χ3n) is 10.2. The number of hydrogen-bond donors (Lipinski definition) is 2. The van der Waals surface area contributed by atoms with E-state index < -0.39 is 47.5 Å². The molecule has 2 aliphatic rings. The second-order valence-electron chi connectivity index (χ2n) is 14.9. The molecule has 3 N–H and O–H groups in total. The van der Waals surface area contributed by atoms with Crippen LogP contribution in [0.3, 0.4) is 0 Å². The molecule has 0 fully saturated rings. The first-order valence-electron chi connectivity index (χ1n) is 19.6. The maximum Gasteiger partial charge on any atom is 0.435 e. The van der Waals surface area contributed by atoms with Gasteiger partial charge in [-0.05, 0) is 121 Å². The summed E-state index contributed by atoms with van der Waals surface area (Å²) in [6.45, 7) is 0. The van der Waals surface area contributed by atoms with E-state index in [1.54, 1.807) is 54.6 Å². The minimum atomic E-state index is -4.81. The number of nitrogens with one attached hydrogen (secondary N) is 1. The molecule has 69 heavy (non-hydrogen) atoms. The van der Waals surface area contributed by atoms with Gasteiger partial charge in [0.25, 0.3) is 22.4 Å². The normalized spacial score (nSPS) is 17.2. The molecule has 352 valence electrons. The third-order valence-corrected chi connectivity index (χ3v) is 11.3. The fraction of sp³-hybridized carbons (Fsp3) is 0.125. The van der Waals surface area contributed by atoms with Crippen LogP contribution in [0.5, 0.6) is 0 Å². The number of rotatable bonds is 7. The lowest BCUT2D eigenvalue weighted by Gasteiger charge is -2.29. The van der Waals surface area contributed by atoms with Crippen molar-refractivity contribution in [3.05, 3.63) is 198 Å². The number of amides is 1. The van der Waals surface area contributed by atoms with E-state index in [4.69, 9.17) is 83.9 Å². The second-order valence-corrected chi connectivity index (χ2v) is 17.0. The van der Waals surface area contributed by atoms with Gasteiger partial charge in [0.2, 0.25) is 0 Å². The molecule has 8 rings (SSSR count). The number of benzene rings is 6. The van der Waals surface area contributed by atoms with Gasteiger partial charge in [-0.3, -0.25) is 9.59 Å². The first kappa shape index (κ1) is 51.6. The Morgan fingerprint density at radius 1 is 0.594 bits per heavy atom. The number of alkyl halides is 6. The highest BCUT2D eigenvalue weighted by Crippen LogP contribution is 2.51. The van der Waals surface area contributed by atoms with Crippen molar-refractivity contribution in [2.45, 2.75) is 36.4 Å². The van der Waals surface area contributed by atoms with E-state index in [1.807, 2.05) is 12.1 Å². The Kier molecular flexibility index (Phi) is 15.9. The summed E-state index contributed by atoms with van der Waals surface area (Å²) >= 11 is 28.7. The molecule has 0 spiro atoms. The highest BCUT2D eigenvalue weighted by molar-refractivity contribution is 6.67. The third kappa shape index (κ3) is 12.1. The summed E-state index contributed by atoms with van der Waals surface area (Å²) in [4.78, 5) is 33.0. The molecule has 10 nitrogen and oxygen atoms in total. The maximum absolute atomic E-state index is 14.2. The average Bonchev–Trinajstić information content (AvgIpc) is 3.98. The summed E-state index contributed by atoms with van der Waals surface area (Å²) < 4.78 is 84.0. The van der Waals surface area contributed by atoms with Gasteiger partial charge in [0.1, 0.15) is 0 Å². The van der Waals surface area contributed by atoms with Crippen molar-refractivity contribution in [2.75, 3.05) is 11.1 Å². The quantitative estimate of drug-likeness (QED) is 0.0913. The number of halogens is 11. The van der Waals surface area contributed by atoms with Crippen molar-refractivity contribution in [2.24, 2.45) is 10.3 Å². The molecule has 0 aromatic heterocycles. The number of oxime groups is 2. The first-order valence-corrected chi connectivity index (χ1v) is 21.5. The lowest BCUT2D eigenvalue weighted by molar-refractivity contribution is -0.276. The van der Waals surface area contributed by atoms with Crippen LogP contribution in [0.4, 0.5) is 37.7 Å². The van der Waals surface area contributed by atoms with Gasteiger partial charge in [0.15, 0.2) is 0 Å². The lowest BCUT2D eigenvalue weighted by Crippen LogP contribution is -2.42. The number of carbonyl (C=O) groups excluding carboxylic acids is 2. The molecule has 6 aromatic carbocycles. The fourth-order valence-corrected chi connectivity index (χ4v) is 7.94. The predicted octanol–water partition coefficient (Wildman–Crippen LogP) is 13.8. The van der Waals surface area contributed by atoms with Crippen molar-refractivity contribution >= 4 is 92.0 Å². The molecule has 0 radical (unpaired) electrons. The van der Waals surface area contributed by atoms with Crippen molar-refractivity contribution in [1.29, 1.82) is 10.5 Å². The Morgan fingerprint density at radius 2 is 1.00 bits per heavy atom. The molecule has 21 heteroatoms.